The number of halogens is 4. The maximum absolute atomic E-state index is 12.5. The van der Waals surface area contributed by atoms with Crippen molar-refractivity contribution in [2.75, 3.05) is 0 Å². The summed E-state index contributed by atoms with van der Waals surface area (Å²) in [6.07, 6.45) is -2.59. The minimum absolute atomic E-state index is 0.143. The van der Waals surface area contributed by atoms with Gasteiger partial charge in [-0.2, -0.15) is 13.2 Å². The van der Waals surface area contributed by atoms with Crippen LogP contribution in [0.5, 0.6) is 0 Å². The van der Waals surface area contributed by atoms with Crippen LogP contribution < -0.4 is 0 Å². The van der Waals surface area contributed by atoms with Crippen molar-refractivity contribution in [1.82, 2.24) is 0 Å². The molecule has 0 aromatic carbocycles. The molecule has 0 nitrogen and oxygen atoms in total. The zero-order valence-corrected chi connectivity index (χ0v) is 5.58. The Hall–Kier alpha value is -0.720. The molecule has 11 heavy (non-hydrogen) atoms. The Morgan fingerprint density at radius 2 is 1.82 bits per heavy atom. The summed E-state index contributed by atoms with van der Waals surface area (Å²) in [5.41, 5.74) is -1.53. The Bertz CT molecular complexity index is 193. The maximum atomic E-state index is 12.5. The minimum atomic E-state index is -4.80. The van der Waals surface area contributed by atoms with Crippen LogP contribution >= 0.6 is 0 Å². The Labute approximate surface area is 61.6 Å². The van der Waals surface area contributed by atoms with Crippen molar-refractivity contribution in [3.8, 4) is 12.3 Å². The average Bonchev–Trinajstić information content (AvgIpc) is 2.64. The molecule has 0 N–H and O–H groups in total. The van der Waals surface area contributed by atoms with Gasteiger partial charge in [0, 0.05) is 0 Å². The fourth-order valence-electron chi connectivity index (χ4n) is 0.919. The van der Waals surface area contributed by atoms with Crippen molar-refractivity contribution in [1.29, 1.82) is 0 Å². The Balaban J connectivity index is 2.70. The highest BCUT2D eigenvalue weighted by molar-refractivity contribution is 5.19. The van der Waals surface area contributed by atoms with Gasteiger partial charge in [-0.25, -0.2) is 4.39 Å². The molecule has 1 unspecified atom stereocenters. The summed E-state index contributed by atoms with van der Waals surface area (Å²) in [4.78, 5) is 0. The van der Waals surface area contributed by atoms with Gasteiger partial charge in [-0.15, -0.1) is 6.42 Å². The second-order valence-corrected chi connectivity index (χ2v) is 2.70. The normalized spacial score (nSPS) is 23.9. The summed E-state index contributed by atoms with van der Waals surface area (Å²) in [6.45, 7) is 0. The van der Waals surface area contributed by atoms with E-state index in [0.29, 0.717) is 0 Å². The molecule has 0 aromatic rings. The second-order valence-electron chi connectivity index (χ2n) is 2.70. The summed E-state index contributed by atoms with van der Waals surface area (Å²) in [5, 5.41) is 0. The molecular formula is C7H6F4. The number of hydrogen-bond donors (Lipinski definition) is 0. The smallest absolute Gasteiger partial charge is 0.236 e. The van der Waals surface area contributed by atoms with E-state index in [1.165, 1.54) is 0 Å². The molecule has 0 aromatic heterocycles. The van der Waals surface area contributed by atoms with E-state index in [0.717, 1.165) is 0 Å². The van der Waals surface area contributed by atoms with Gasteiger partial charge >= 0.3 is 6.18 Å². The van der Waals surface area contributed by atoms with E-state index in [4.69, 9.17) is 6.42 Å². The third-order valence-corrected chi connectivity index (χ3v) is 1.85. The molecule has 0 radical (unpaired) electrons. The first-order chi connectivity index (χ1) is 4.92. The summed E-state index contributed by atoms with van der Waals surface area (Å²) < 4.78 is 47.6. The molecule has 62 valence electrons. The quantitative estimate of drug-likeness (QED) is 0.414. The third-order valence-electron chi connectivity index (χ3n) is 1.85. The van der Waals surface area contributed by atoms with E-state index in [1.807, 2.05) is 5.92 Å². The van der Waals surface area contributed by atoms with Gasteiger partial charge in [0.1, 0.15) is 0 Å². The molecule has 1 aliphatic carbocycles. The molecule has 0 spiro atoms. The largest absolute Gasteiger partial charge is 0.421 e. The van der Waals surface area contributed by atoms with Crippen LogP contribution in [0.4, 0.5) is 17.6 Å². The van der Waals surface area contributed by atoms with Crippen LogP contribution in [-0.2, 0) is 0 Å². The molecule has 0 amide bonds. The fourth-order valence-corrected chi connectivity index (χ4v) is 0.919. The van der Waals surface area contributed by atoms with Crippen molar-refractivity contribution in [3.05, 3.63) is 0 Å². The van der Waals surface area contributed by atoms with Crippen LogP contribution in [0.2, 0.25) is 0 Å². The molecule has 1 fully saturated rings. The van der Waals surface area contributed by atoms with Crippen LogP contribution in [0.1, 0.15) is 12.8 Å². The lowest BCUT2D eigenvalue weighted by molar-refractivity contribution is -0.192. The highest BCUT2D eigenvalue weighted by atomic mass is 19.4. The lowest BCUT2D eigenvalue weighted by atomic mass is 10.0. The van der Waals surface area contributed by atoms with Crippen molar-refractivity contribution < 1.29 is 17.6 Å². The molecule has 0 aliphatic heterocycles. The minimum Gasteiger partial charge on any atom is -0.236 e. The number of terminal acetylenes is 1. The van der Waals surface area contributed by atoms with Crippen LogP contribution in [0, 0.1) is 17.8 Å². The van der Waals surface area contributed by atoms with Gasteiger partial charge in [0.25, 0.3) is 0 Å². The average molecular weight is 166 g/mol. The first-order valence-corrected chi connectivity index (χ1v) is 3.11. The van der Waals surface area contributed by atoms with Crippen LogP contribution in [0.3, 0.4) is 0 Å². The predicted molar refractivity (Wildman–Crippen MR) is 31.5 cm³/mol. The van der Waals surface area contributed by atoms with E-state index >= 15 is 0 Å². The SMILES string of the molecule is C#CC1(C(F)C(F)(F)F)CC1. The van der Waals surface area contributed by atoms with Crippen molar-refractivity contribution >= 4 is 0 Å². The van der Waals surface area contributed by atoms with E-state index < -0.39 is 17.8 Å². The van der Waals surface area contributed by atoms with Gasteiger partial charge in [0.2, 0.25) is 6.17 Å². The van der Waals surface area contributed by atoms with Crippen molar-refractivity contribution in [2.45, 2.75) is 25.2 Å². The molecule has 0 heterocycles. The van der Waals surface area contributed by atoms with Gasteiger partial charge in [0.05, 0.1) is 5.41 Å². The number of hydrogen-bond acceptors (Lipinski definition) is 0. The van der Waals surface area contributed by atoms with E-state index in [1.54, 1.807) is 0 Å². The lowest BCUT2D eigenvalue weighted by Crippen LogP contribution is -2.32. The molecule has 4 heteroatoms. The standard InChI is InChI=1S/C7H6F4/c1-2-6(3-4-6)5(8)7(9,10)11/h1,5H,3-4H2. The van der Waals surface area contributed by atoms with E-state index in [-0.39, 0.29) is 12.8 Å². The molecule has 1 saturated carbocycles. The monoisotopic (exact) mass is 166 g/mol. The number of rotatable bonds is 1. The zero-order valence-electron chi connectivity index (χ0n) is 5.58. The highest BCUT2D eigenvalue weighted by Gasteiger charge is 2.60. The molecule has 0 bridgehead atoms. The zero-order chi connectivity index (χ0) is 8.70. The molecular weight excluding hydrogens is 160 g/mol. The van der Waals surface area contributed by atoms with Gasteiger partial charge in [-0.1, -0.05) is 5.92 Å². The summed E-state index contributed by atoms with van der Waals surface area (Å²) in [6, 6.07) is 0. The second kappa shape index (κ2) is 2.13. The van der Waals surface area contributed by atoms with Crippen molar-refractivity contribution in [2.24, 2.45) is 5.41 Å². The Morgan fingerprint density at radius 1 is 1.36 bits per heavy atom. The third kappa shape index (κ3) is 1.32. The predicted octanol–water partition coefficient (Wildman–Crippen LogP) is 2.30. The molecule has 1 aliphatic rings. The summed E-state index contributed by atoms with van der Waals surface area (Å²) in [5.74, 6) is 1.86. The van der Waals surface area contributed by atoms with Crippen LogP contribution in [0.25, 0.3) is 0 Å². The molecule has 1 rings (SSSR count). The molecule has 0 saturated heterocycles. The van der Waals surface area contributed by atoms with Crippen LogP contribution in [-0.4, -0.2) is 12.3 Å². The van der Waals surface area contributed by atoms with Crippen LogP contribution in [0.15, 0.2) is 0 Å². The topological polar surface area (TPSA) is 0 Å². The van der Waals surface area contributed by atoms with Gasteiger partial charge in [0.15, 0.2) is 0 Å². The van der Waals surface area contributed by atoms with Gasteiger partial charge in [-0.3, -0.25) is 0 Å². The van der Waals surface area contributed by atoms with Crippen molar-refractivity contribution in [3.63, 3.8) is 0 Å². The molecule has 1 atom stereocenters. The maximum Gasteiger partial charge on any atom is 0.421 e. The summed E-state index contributed by atoms with van der Waals surface area (Å²) >= 11 is 0. The van der Waals surface area contributed by atoms with E-state index in [2.05, 4.69) is 0 Å². The van der Waals surface area contributed by atoms with Gasteiger partial charge < -0.3 is 0 Å². The van der Waals surface area contributed by atoms with Gasteiger partial charge in [-0.05, 0) is 12.8 Å². The Morgan fingerprint density at radius 3 is 1.91 bits per heavy atom. The summed E-state index contributed by atoms with van der Waals surface area (Å²) in [7, 11) is 0. The highest BCUT2D eigenvalue weighted by Crippen LogP contribution is 2.53. The lowest BCUT2D eigenvalue weighted by Gasteiger charge is -2.16. The Kier molecular flexibility index (Phi) is 1.62. The van der Waals surface area contributed by atoms with E-state index in [9.17, 15) is 17.6 Å². The first kappa shape index (κ1) is 8.38. The first-order valence-electron chi connectivity index (χ1n) is 3.11. The fraction of sp³-hybridized carbons (Fsp3) is 0.714. The number of alkyl halides is 4.